The van der Waals surface area contributed by atoms with Gasteiger partial charge in [0.25, 0.3) is 0 Å². The van der Waals surface area contributed by atoms with E-state index >= 15 is 0 Å². The summed E-state index contributed by atoms with van der Waals surface area (Å²) in [5.74, 6) is 0.739. The van der Waals surface area contributed by atoms with Crippen molar-refractivity contribution >= 4 is 33.7 Å². The minimum Gasteiger partial charge on any atom is -0.445 e. The number of thiazole rings is 1. The molecule has 0 aliphatic carbocycles. The quantitative estimate of drug-likeness (QED) is 0.546. The van der Waals surface area contributed by atoms with E-state index in [1.807, 2.05) is 57.7 Å². The van der Waals surface area contributed by atoms with Gasteiger partial charge in [-0.2, -0.15) is 4.98 Å². The van der Waals surface area contributed by atoms with Crippen molar-refractivity contribution in [2.24, 2.45) is 0 Å². The van der Waals surface area contributed by atoms with E-state index in [-0.39, 0.29) is 6.61 Å². The van der Waals surface area contributed by atoms with Gasteiger partial charge >= 0.3 is 6.09 Å². The normalized spacial score (nSPS) is 10.9. The molecule has 6 nitrogen and oxygen atoms in total. The van der Waals surface area contributed by atoms with E-state index in [9.17, 15) is 4.79 Å². The lowest BCUT2D eigenvalue weighted by Gasteiger charge is -2.06. The summed E-state index contributed by atoms with van der Waals surface area (Å²) in [7, 11) is 0. The second kappa shape index (κ2) is 7.67. The second-order valence-corrected chi connectivity index (χ2v) is 7.36. The van der Waals surface area contributed by atoms with Gasteiger partial charge < -0.3 is 10.1 Å². The van der Waals surface area contributed by atoms with Crippen LogP contribution in [0.1, 0.15) is 11.3 Å². The molecule has 0 spiro atoms. The van der Waals surface area contributed by atoms with Crippen LogP contribution in [0.4, 0.5) is 4.79 Å². The highest BCUT2D eigenvalue weighted by Crippen LogP contribution is 2.24. The van der Waals surface area contributed by atoms with Crippen molar-refractivity contribution in [2.75, 3.05) is 6.54 Å². The summed E-state index contributed by atoms with van der Waals surface area (Å²) in [6.45, 7) is 0.746. The number of hydrogen-bond acceptors (Lipinski definition) is 6. The average molecular weight is 384 g/mol. The van der Waals surface area contributed by atoms with Crippen LogP contribution in [0.5, 0.6) is 0 Å². The molecule has 8 heteroatoms. The smallest absolute Gasteiger partial charge is 0.407 e. The van der Waals surface area contributed by atoms with Gasteiger partial charge in [0.05, 0.1) is 10.6 Å². The molecule has 26 heavy (non-hydrogen) atoms. The van der Waals surface area contributed by atoms with Gasteiger partial charge in [-0.25, -0.2) is 9.31 Å². The molecule has 1 amide bonds. The van der Waals surface area contributed by atoms with Crippen LogP contribution in [0.25, 0.3) is 15.7 Å². The van der Waals surface area contributed by atoms with E-state index in [0.717, 1.165) is 26.9 Å². The first-order chi connectivity index (χ1) is 12.8. The summed E-state index contributed by atoms with van der Waals surface area (Å²) in [5.41, 5.74) is 1.98. The van der Waals surface area contributed by atoms with Gasteiger partial charge in [0.2, 0.25) is 4.96 Å². The van der Waals surface area contributed by atoms with Crippen molar-refractivity contribution in [1.82, 2.24) is 19.9 Å². The summed E-state index contributed by atoms with van der Waals surface area (Å²) in [4.78, 5) is 18.3. The number of aromatic nitrogens is 3. The minimum atomic E-state index is -0.418. The number of amides is 1. The number of ether oxygens (including phenoxy) is 1. The molecule has 1 aromatic carbocycles. The molecule has 4 aromatic rings. The largest absolute Gasteiger partial charge is 0.445 e. The van der Waals surface area contributed by atoms with Crippen LogP contribution in [0.3, 0.4) is 0 Å². The number of rotatable bonds is 6. The van der Waals surface area contributed by atoms with Crippen molar-refractivity contribution in [3.8, 4) is 10.7 Å². The maximum absolute atomic E-state index is 11.8. The molecule has 0 aliphatic heterocycles. The molecular weight excluding hydrogens is 368 g/mol. The Bertz CT molecular complexity index is 993. The predicted octanol–water partition coefficient (Wildman–Crippen LogP) is 3.99. The third-order valence-electron chi connectivity index (χ3n) is 3.75. The minimum absolute atomic E-state index is 0.266. The van der Waals surface area contributed by atoms with Crippen LogP contribution in [-0.4, -0.2) is 27.2 Å². The fourth-order valence-corrected chi connectivity index (χ4v) is 3.98. The lowest BCUT2D eigenvalue weighted by Crippen LogP contribution is -2.26. The molecule has 1 N–H and O–H groups in total. The monoisotopic (exact) mass is 384 g/mol. The van der Waals surface area contributed by atoms with Crippen LogP contribution < -0.4 is 5.32 Å². The maximum atomic E-state index is 11.8. The predicted molar refractivity (Wildman–Crippen MR) is 103 cm³/mol. The van der Waals surface area contributed by atoms with Crippen LogP contribution in [0.15, 0.2) is 53.2 Å². The molecule has 0 atom stereocenters. The highest BCUT2D eigenvalue weighted by Gasteiger charge is 2.12. The highest BCUT2D eigenvalue weighted by atomic mass is 32.1. The fraction of sp³-hybridized carbons (Fsp3) is 0.167. The Labute approximate surface area is 158 Å². The Hall–Kier alpha value is -2.71. The Balaban J connectivity index is 1.31. The van der Waals surface area contributed by atoms with Gasteiger partial charge in [-0.15, -0.1) is 27.8 Å². The number of carbonyl (C=O) groups excluding carboxylic acids is 1. The second-order valence-electron chi connectivity index (χ2n) is 5.57. The zero-order valence-electron chi connectivity index (χ0n) is 13.8. The van der Waals surface area contributed by atoms with E-state index in [1.54, 1.807) is 22.7 Å². The molecule has 0 saturated carbocycles. The van der Waals surface area contributed by atoms with Gasteiger partial charge in [-0.05, 0) is 17.0 Å². The number of nitrogens with one attached hydrogen (secondary N) is 1. The average Bonchev–Trinajstić information content (AvgIpc) is 3.38. The first kappa shape index (κ1) is 16.7. The number of benzene rings is 1. The standard InChI is InChI=1S/C18H16N4O2S2/c23-18(24-11-13-5-2-1-3-6-13)19-9-8-14-12-26-17-20-16(21-22(14)17)15-7-4-10-25-15/h1-7,10,12H,8-9,11H2,(H,19,23). The van der Waals surface area contributed by atoms with Gasteiger partial charge in [-0.1, -0.05) is 36.4 Å². The summed E-state index contributed by atoms with van der Waals surface area (Å²) in [5, 5.41) is 11.4. The number of alkyl carbamates (subject to hydrolysis) is 1. The van der Waals surface area contributed by atoms with Crippen LogP contribution in [-0.2, 0) is 17.8 Å². The lowest BCUT2D eigenvalue weighted by atomic mass is 10.2. The molecule has 4 rings (SSSR count). The van der Waals surface area contributed by atoms with Gasteiger partial charge in [0.1, 0.15) is 6.61 Å². The molecule has 0 radical (unpaired) electrons. The molecule has 132 valence electrons. The van der Waals surface area contributed by atoms with Crippen LogP contribution >= 0.6 is 22.7 Å². The number of fused-ring (bicyclic) bond motifs is 1. The van der Waals surface area contributed by atoms with E-state index in [0.29, 0.717) is 13.0 Å². The van der Waals surface area contributed by atoms with Crippen molar-refractivity contribution in [3.63, 3.8) is 0 Å². The third-order valence-corrected chi connectivity index (χ3v) is 5.49. The zero-order valence-corrected chi connectivity index (χ0v) is 15.4. The maximum Gasteiger partial charge on any atom is 0.407 e. The van der Waals surface area contributed by atoms with Gasteiger partial charge in [0.15, 0.2) is 5.82 Å². The highest BCUT2D eigenvalue weighted by molar-refractivity contribution is 7.15. The Morgan fingerprint density at radius 2 is 2.04 bits per heavy atom. The van der Waals surface area contributed by atoms with E-state index in [4.69, 9.17) is 4.74 Å². The van der Waals surface area contributed by atoms with Crippen molar-refractivity contribution in [2.45, 2.75) is 13.0 Å². The van der Waals surface area contributed by atoms with Crippen LogP contribution in [0.2, 0.25) is 0 Å². The Morgan fingerprint density at radius 1 is 1.15 bits per heavy atom. The fourth-order valence-electron chi connectivity index (χ4n) is 2.47. The van der Waals surface area contributed by atoms with Crippen molar-refractivity contribution in [3.05, 3.63) is 64.5 Å². The molecule has 3 heterocycles. The molecule has 0 fully saturated rings. The molecule has 0 aliphatic rings. The molecule has 3 aromatic heterocycles. The van der Waals surface area contributed by atoms with E-state index in [2.05, 4.69) is 15.4 Å². The number of nitrogens with zero attached hydrogens (tertiary/aromatic N) is 3. The third kappa shape index (κ3) is 3.76. The summed E-state index contributed by atoms with van der Waals surface area (Å²) in [6.07, 6.45) is 0.242. The van der Waals surface area contributed by atoms with Crippen molar-refractivity contribution < 1.29 is 9.53 Å². The first-order valence-corrected chi connectivity index (χ1v) is 9.87. The molecule has 0 unspecified atom stereocenters. The Kier molecular flexibility index (Phi) is 4.94. The topological polar surface area (TPSA) is 68.5 Å². The molecule has 0 bridgehead atoms. The number of carbonyl (C=O) groups is 1. The Morgan fingerprint density at radius 3 is 2.85 bits per heavy atom. The lowest BCUT2D eigenvalue weighted by molar-refractivity contribution is 0.140. The van der Waals surface area contributed by atoms with E-state index in [1.165, 1.54) is 0 Å². The summed E-state index contributed by atoms with van der Waals surface area (Å²) in [6, 6.07) is 13.6. The molecular formula is C18H16N4O2S2. The number of hydrogen-bond donors (Lipinski definition) is 1. The van der Waals surface area contributed by atoms with Gasteiger partial charge in [0, 0.05) is 18.3 Å². The van der Waals surface area contributed by atoms with Crippen molar-refractivity contribution in [1.29, 1.82) is 0 Å². The molecule has 0 saturated heterocycles. The first-order valence-electron chi connectivity index (χ1n) is 8.11. The SMILES string of the molecule is O=C(NCCc1csc2nc(-c3cccs3)nn12)OCc1ccccc1. The summed E-state index contributed by atoms with van der Waals surface area (Å²) >= 11 is 3.17. The van der Waals surface area contributed by atoms with Gasteiger partial charge in [-0.3, -0.25) is 0 Å². The zero-order chi connectivity index (χ0) is 17.8. The van der Waals surface area contributed by atoms with Crippen LogP contribution in [0, 0.1) is 0 Å². The summed E-state index contributed by atoms with van der Waals surface area (Å²) < 4.78 is 7.05. The number of thiophene rings is 1. The van der Waals surface area contributed by atoms with E-state index < -0.39 is 6.09 Å².